The summed E-state index contributed by atoms with van der Waals surface area (Å²) in [6.45, 7) is 3.81. The Hall–Kier alpha value is -1.43. The number of amides is 1. The van der Waals surface area contributed by atoms with Crippen molar-refractivity contribution >= 4 is 5.91 Å². The van der Waals surface area contributed by atoms with Gasteiger partial charge in [-0.2, -0.15) is 0 Å². The number of carbonyl (C=O) groups excluding carboxylic acids is 1. The van der Waals surface area contributed by atoms with Crippen LogP contribution < -0.4 is 10.6 Å². The van der Waals surface area contributed by atoms with Gasteiger partial charge in [0.25, 0.3) is 0 Å². The maximum atomic E-state index is 11.9. The summed E-state index contributed by atoms with van der Waals surface area (Å²) in [6.07, 6.45) is 9.03. The molecule has 1 aliphatic rings. The van der Waals surface area contributed by atoms with Crippen molar-refractivity contribution in [2.24, 2.45) is 0 Å². The molecule has 0 atom stereocenters. The van der Waals surface area contributed by atoms with E-state index < -0.39 is 0 Å². The quantitative estimate of drug-likeness (QED) is 0.768. The van der Waals surface area contributed by atoms with Gasteiger partial charge < -0.3 is 15.2 Å². The third-order valence-corrected chi connectivity index (χ3v) is 3.83. The largest absolute Gasteiger partial charge is 0.352 e. The lowest BCUT2D eigenvalue weighted by Gasteiger charge is -2.16. The molecule has 0 saturated heterocycles. The average Bonchev–Trinajstić information content (AvgIpc) is 2.74. The monoisotopic (exact) mass is 279 g/mol. The molecule has 6 heteroatoms. The van der Waals surface area contributed by atoms with Crippen molar-refractivity contribution in [2.75, 3.05) is 6.54 Å². The minimum Gasteiger partial charge on any atom is -0.352 e. The lowest BCUT2D eigenvalue weighted by molar-refractivity contribution is -0.121. The summed E-state index contributed by atoms with van der Waals surface area (Å²) in [5, 5.41) is 14.2. The van der Waals surface area contributed by atoms with Gasteiger partial charge in [0.15, 0.2) is 0 Å². The van der Waals surface area contributed by atoms with Crippen molar-refractivity contribution in [3.05, 3.63) is 12.2 Å². The van der Waals surface area contributed by atoms with E-state index in [-0.39, 0.29) is 5.91 Å². The molecule has 0 aliphatic heterocycles. The summed E-state index contributed by atoms with van der Waals surface area (Å²) in [4.78, 5) is 11.9. The van der Waals surface area contributed by atoms with Crippen molar-refractivity contribution in [3.8, 4) is 0 Å². The number of aryl methyl sites for hydroxylation is 1. The van der Waals surface area contributed by atoms with Gasteiger partial charge in [0.1, 0.15) is 12.2 Å². The van der Waals surface area contributed by atoms with Crippen molar-refractivity contribution in [1.82, 2.24) is 25.4 Å². The summed E-state index contributed by atoms with van der Waals surface area (Å²) in [5.74, 6) is 0.953. The Morgan fingerprint density at radius 1 is 1.35 bits per heavy atom. The number of rotatable bonds is 6. The van der Waals surface area contributed by atoms with Crippen LogP contribution in [0.25, 0.3) is 0 Å². The van der Waals surface area contributed by atoms with Crippen molar-refractivity contribution in [1.29, 1.82) is 0 Å². The van der Waals surface area contributed by atoms with Crippen molar-refractivity contribution in [2.45, 2.75) is 64.6 Å². The maximum absolute atomic E-state index is 11.9. The zero-order valence-corrected chi connectivity index (χ0v) is 12.3. The first-order valence-corrected chi connectivity index (χ1v) is 7.66. The number of nitrogens with one attached hydrogen (secondary N) is 2. The summed E-state index contributed by atoms with van der Waals surface area (Å²) in [6, 6.07) is 0.367. The molecule has 1 aromatic heterocycles. The number of nitrogens with zero attached hydrogens (tertiary/aromatic N) is 3. The normalized spacial score (nSPS) is 16.9. The Morgan fingerprint density at radius 2 is 2.10 bits per heavy atom. The fraction of sp³-hybridized carbons (Fsp3) is 0.786. The number of hydrogen-bond acceptors (Lipinski definition) is 4. The Labute approximate surface area is 120 Å². The molecule has 0 radical (unpaired) electrons. The first kappa shape index (κ1) is 15.0. The first-order valence-electron chi connectivity index (χ1n) is 7.66. The minimum absolute atomic E-state index is 0.0828. The van der Waals surface area contributed by atoms with Gasteiger partial charge in [-0.15, -0.1) is 10.2 Å². The van der Waals surface area contributed by atoms with Crippen LogP contribution >= 0.6 is 0 Å². The number of hydrogen-bond donors (Lipinski definition) is 2. The van der Waals surface area contributed by atoms with Crippen LogP contribution in [0.1, 0.15) is 51.3 Å². The topological polar surface area (TPSA) is 71.8 Å². The Kier molecular flexibility index (Phi) is 5.98. The molecule has 0 aromatic carbocycles. The molecular weight excluding hydrogens is 254 g/mol. The fourth-order valence-electron chi connectivity index (χ4n) is 2.67. The van der Waals surface area contributed by atoms with Gasteiger partial charge in [-0.05, 0) is 19.8 Å². The number of carbonyl (C=O) groups is 1. The van der Waals surface area contributed by atoms with Crippen LogP contribution in [0.5, 0.6) is 0 Å². The van der Waals surface area contributed by atoms with E-state index in [9.17, 15) is 4.79 Å². The molecule has 0 unspecified atom stereocenters. The first-order chi connectivity index (χ1) is 9.79. The predicted octanol–water partition coefficient (Wildman–Crippen LogP) is 1.23. The van der Waals surface area contributed by atoms with Gasteiger partial charge in [-0.25, -0.2) is 0 Å². The zero-order chi connectivity index (χ0) is 14.2. The summed E-state index contributed by atoms with van der Waals surface area (Å²) >= 11 is 0. The molecule has 1 fully saturated rings. The summed E-state index contributed by atoms with van der Waals surface area (Å²) < 4.78 is 1.97. The fourth-order valence-corrected chi connectivity index (χ4v) is 2.67. The highest BCUT2D eigenvalue weighted by Crippen LogP contribution is 2.16. The van der Waals surface area contributed by atoms with Gasteiger partial charge in [-0.3, -0.25) is 4.79 Å². The molecule has 1 heterocycles. The molecule has 112 valence electrons. The van der Waals surface area contributed by atoms with Gasteiger partial charge in [0.2, 0.25) is 5.91 Å². The van der Waals surface area contributed by atoms with Crippen LogP contribution in [0, 0.1) is 0 Å². The van der Waals surface area contributed by atoms with E-state index in [0.29, 0.717) is 19.1 Å². The highest BCUT2D eigenvalue weighted by atomic mass is 16.1. The van der Waals surface area contributed by atoms with E-state index in [1.807, 2.05) is 11.5 Å². The van der Waals surface area contributed by atoms with Crippen molar-refractivity contribution < 1.29 is 4.79 Å². The average molecular weight is 279 g/mol. The number of aromatic nitrogens is 3. The Balaban J connectivity index is 1.67. The minimum atomic E-state index is 0.0828. The second-order valence-corrected chi connectivity index (χ2v) is 5.39. The molecule has 1 aliphatic carbocycles. The molecule has 0 spiro atoms. The SMILES string of the molecule is CCn1cnnc1CNCC(=O)NC1CCCCCC1. The van der Waals surface area contributed by atoms with Crippen LogP contribution in [-0.4, -0.2) is 33.3 Å². The lowest BCUT2D eigenvalue weighted by Crippen LogP contribution is -2.40. The molecule has 1 amide bonds. The molecule has 1 saturated carbocycles. The predicted molar refractivity (Wildman–Crippen MR) is 77.0 cm³/mol. The van der Waals surface area contributed by atoms with E-state index >= 15 is 0 Å². The molecule has 2 rings (SSSR count). The van der Waals surface area contributed by atoms with E-state index in [1.165, 1.54) is 25.7 Å². The Bertz CT molecular complexity index is 409. The van der Waals surface area contributed by atoms with Crippen molar-refractivity contribution in [3.63, 3.8) is 0 Å². The van der Waals surface area contributed by atoms with E-state index in [1.54, 1.807) is 6.33 Å². The van der Waals surface area contributed by atoms with Crippen LogP contribution in [-0.2, 0) is 17.9 Å². The molecule has 1 aromatic rings. The smallest absolute Gasteiger partial charge is 0.234 e. The summed E-state index contributed by atoms with van der Waals surface area (Å²) in [5.41, 5.74) is 0. The third kappa shape index (κ3) is 4.59. The van der Waals surface area contributed by atoms with E-state index in [4.69, 9.17) is 0 Å². The molecule has 2 N–H and O–H groups in total. The zero-order valence-electron chi connectivity index (χ0n) is 12.3. The van der Waals surface area contributed by atoms with Gasteiger partial charge in [-0.1, -0.05) is 25.7 Å². The van der Waals surface area contributed by atoms with Crippen LogP contribution in [0.15, 0.2) is 6.33 Å². The highest BCUT2D eigenvalue weighted by Gasteiger charge is 2.14. The molecule has 6 nitrogen and oxygen atoms in total. The molecular formula is C14H25N5O. The second kappa shape index (κ2) is 7.99. The lowest BCUT2D eigenvalue weighted by atomic mass is 10.1. The van der Waals surface area contributed by atoms with Gasteiger partial charge >= 0.3 is 0 Å². The Morgan fingerprint density at radius 3 is 2.80 bits per heavy atom. The molecule has 0 bridgehead atoms. The maximum Gasteiger partial charge on any atom is 0.234 e. The third-order valence-electron chi connectivity index (χ3n) is 3.83. The second-order valence-electron chi connectivity index (χ2n) is 5.39. The van der Waals surface area contributed by atoms with E-state index in [0.717, 1.165) is 25.2 Å². The highest BCUT2D eigenvalue weighted by molar-refractivity contribution is 5.78. The van der Waals surface area contributed by atoms with Crippen LogP contribution in [0.3, 0.4) is 0 Å². The van der Waals surface area contributed by atoms with E-state index in [2.05, 4.69) is 20.8 Å². The van der Waals surface area contributed by atoms with Gasteiger partial charge in [0.05, 0.1) is 13.1 Å². The summed E-state index contributed by atoms with van der Waals surface area (Å²) in [7, 11) is 0. The van der Waals surface area contributed by atoms with Crippen LogP contribution in [0.4, 0.5) is 0 Å². The standard InChI is InChI=1S/C14H25N5O/c1-2-19-11-16-18-13(19)9-15-10-14(20)17-12-7-5-3-4-6-8-12/h11-12,15H,2-10H2,1H3,(H,17,20). The molecule has 20 heavy (non-hydrogen) atoms. The van der Waals surface area contributed by atoms with Crippen LogP contribution in [0.2, 0.25) is 0 Å². The van der Waals surface area contributed by atoms with Gasteiger partial charge in [0, 0.05) is 12.6 Å².